The average molecular weight is 373 g/mol. The van der Waals surface area contributed by atoms with Gasteiger partial charge in [-0.1, -0.05) is 15.9 Å². The van der Waals surface area contributed by atoms with Gasteiger partial charge in [-0.3, -0.25) is 0 Å². The van der Waals surface area contributed by atoms with Crippen LogP contribution >= 0.6 is 28.1 Å². The molecule has 0 saturated carbocycles. The quantitative estimate of drug-likeness (QED) is 0.613. The SMILES string of the molecule is COCCNC(=S)Nc1ccc(Br)cc1OC(F)(F)F. The lowest BCUT2D eigenvalue weighted by Crippen LogP contribution is -2.31. The molecule has 1 aromatic carbocycles. The summed E-state index contributed by atoms with van der Waals surface area (Å²) < 4.78 is 46.1. The van der Waals surface area contributed by atoms with Crippen LogP contribution in [-0.2, 0) is 4.74 Å². The van der Waals surface area contributed by atoms with E-state index < -0.39 is 6.36 Å². The maximum absolute atomic E-state index is 12.3. The summed E-state index contributed by atoms with van der Waals surface area (Å²) in [6.07, 6.45) is -4.78. The molecule has 1 aromatic rings. The first-order valence-electron chi connectivity index (χ1n) is 5.41. The number of thiocarbonyl (C=S) groups is 1. The van der Waals surface area contributed by atoms with Gasteiger partial charge >= 0.3 is 6.36 Å². The normalized spacial score (nSPS) is 11.1. The first-order chi connectivity index (χ1) is 9.31. The van der Waals surface area contributed by atoms with E-state index in [2.05, 4.69) is 31.3 Å². The topological polar surface area (TPSA) is 42.5 Å². The van der Waals surface area contributed by atoms with Crippen LogP contribution in [0.5, 0.6) is 5.75 Å². The number of halogens is 4. The molecule has 0 atom stereocenters. The Morgan fingerprint density at radius 1 is 1.40 bits per heavy atom. The van der Waals surface area contributed by atoms with Gasteiger partial charge in [0.05, 0.1) is 12.3 Å². The molecule has 9 heteroatoms. The van der Waals surface area contributed by atoms with Gasteiger partial charge in [-0.05, 0) is 30.4 Å². The van der Waals surface area contributed by atoms with Crippen molar-refractivity contribution in [1.82, 2.24) is 5.32 Å². The molecule has 0 unspecified atom stereocenters. The summed E-state index contributed by atoms with van der Waals surface area (Å²) in [5, 5.41) is 5.60. The maximum atomic E-state index is 12.3. The highest BCUT2D eigenvalue weighted by molar-refractivity contribution is 9.10. The lowest BCUT2D eigenvalue weighted by molar-refractivity contribution is -0.274. The molecule has 4 nitrogen and oxygen atoms in total. The minimum Gasteiger partial charge on any atom is -0.404 e. The van der Waals surface area contributed by atoms with Crippen LogP contribution in [0.1, 0.15) is 0 Å². The molecule has 20 heavy (non-hydrogen) atoms. The van der Waals surface area contributed by atoms with Gasteiger partial charge in [-0.25, -0.2) is 0 Å². The molecule has 0 fully saturated rings. The van der Waals surface area contributed by atoms with Gasteiger partial charge in [0.25, 0.3) is 0 Å². The van der Waals surface area contributed by atoms with Crippen molar-refractivity contribution in [2.24, 2.45) is 0 Å². The molecule has 2 N–H and O–H groups in total. The second-order valence-electron chi connectivity index (χ2n) is 3.56. The predicted molar refractivity (Wildman–Crippen MR) is 76.9 cm³/mol. The average Bonchev–Trinajstić information content (AvgIpc) is 2.31. The third kappa shape index (κ3) is 6.40. The van der Waals surface area contributed by atoms with Crippen molar-refractivity contribution in [2.75, 3.05) is 25.6 Å². The molecule has 0 spiro atoms. The van der Waals surface area contributed by atoms with Crippen molar-refractivity contribution in [2.45, 2.75) is 6.36 Å². The van der Waals surface area contributed by atoms with E-state index in [1.54, 1.807) is 6.07 Å². The smallest absolute Gasteiger partial charge is 0.404 e. The number of ether oxygens (including phenoxy) is 2. The molecule has 0 saturated heterocycles. The third-order valence-electron chi connectivity index (χ3n) is 2.01. The Hall–Kier alpha value is -1.06. The summed E-state index contributed by atoms with van der Waals surface area (Å²) in [4.78, 5) is 0. The monoisotopic (exact) mass is 372 g/mol. The van der Waals surface area contributed by atoms with Crippen LogP contribution in [0.15, 0.2) is 22.7 Å². The second-order valence-corrected chi connectivity index (χ2v) is 4.89. The third-order valence-corrected chi connectivity index (χ3v) is 2.75. The molecular weight excluding hydrogens is 361 g/mol. The van der Waals surface area contributed by atoms with Crippen LogP contribution in [0.4, 0.5) is 18.9 Å². The fraction of sp³-hybridized carbons (Fsp3) is 0.364. The number of alkyl halides is 3. The number of nitrogens with one attached hydrogen (secondary N) is 2. The number of rotatable bonds is 5. The Morgan fingerprint density at radius 2 is 2.10 bits per heavy atom. The number of methoxy groups -OCH3 is 1. The molecule has 0 bridgehead atoms. The second kappa shape index (κ2) is 7.65. The molecule has 0 radical (unpaired) electrons. The summed E-state index contributed by atoms with van der Waals surface area (Å²) in [7, 11) is 1.53. The van der Waals surface area contributed by atoms with Crippen molar-refractivity contribution in [1.29, 1.82) is 0 Å². The summed E-state index contributed by atoms with van der Waals surface area (Å²) in [6.45, 7) is 0.863. The molecule has 112 valence electrons. The van der Waals surface area contributed by atoms with E-state index in [4.69, 9.17) is 17.0 Å². The Bertz CT molecular complexity index is 471. The molecule has 0 aliphatic carbocycles. The van der Waals surface area contributed by atoms with Crippen molar-refractivity contribution in [3.05, 3.63) is 22.7 Å². The van der Waals surface area contributed by atoms with E-state index >= 15 is 0 Å². The predicted octanol–water partition coefficient (Wildman–Crippen LogP) is 3.28. The first-order valence-corrected chi connectivity index (χ1v) is 6.61. The minimum atomic E-state index is -4.78. The van der Waals surface area contributed by atoms with Crippen molar-refractivity contribution >= 4 is 38.9 Å². The number of benzene rings is 1. The summed E-state index contributed by atoms with van der Waals surface area (Å²) in [6, 6.07) is 4.20. The zero-order chi connectivity index (χ0) is 15.2. The molecule has 0 amide bonds. The highest BCUT2D eigenvalue weighted by Gasteiger charge is 2.32. The Labute approximate surface area is 127 Å². The van der Waals surface area contributed by atoms with Gasteiger partial charge in [0.1, 0.15) is 0 Å². The standard InChI is InChI=1S/C11H12BrF3N2O2S/c1-18-5-4-16-10(20)17-8-3-2-7(12)6-9(8)19-11(13,14)15/h2-3,6H,4-5H2,1H3,(H2,16,17,20). The van der Waals surface area contributed by atoms with Gasteiger partial charge in [0, 0.05) is 18.1 Å². The van der Waals surface area contributed by atoms with E-state index in [1.165, 1.54) is 19.2 Å². The maximum Gasteiger partial charge on any atom is 0.573 e. The van der Waals surface area contributed by atoms with Crippen molar-refractivity contribution in [3.8, 4) is 5.75 Å². The highest BCUT2D eigenvalue weighted by Crippen LogP contribution is 2.32. The number of hydrogen-bond donors (Lipinski definition) is 2. The van der Waals surface area contributed by atoms with E-state index in [9.17, 15) is 13.2 Å². The lowest BCUT2D eigenvalue weighted by atomic mass is 10.3. The zero-order valence-electron chi connectivity index (χ0n) is 10.4. The van der Waals surface area contributed by atoms with Gasteiger partial charge in [0.2, 0.25) is 0 Å². The van der Waals surface area contributed by atoms with Crippen LogP contribution in [0, 0.1) is 0 Å². The summed E-state index contributed by atoms with van der Waals surface area (Å²) in [5.74, 6) is -0.372. The van der Waals surface area contributed by atoms with Crippen LogP contribution in [0.3, 0.4) is 0 Å². The van der Waals surface area contributed by atoms with Gasteiger partial charge in [-0.2, -0.15) is 0 Å². The van der Waals surface area contributed by atoms with Gasteiger partial charge < -0.3 is 20.1 Å². The van der Waals surface area contributed by atoms with Crippen molar-refractivity contribution in [3.63, 3.8) is 0 Å². The van der Waals surface area contributed by atoms with Crippen LogP contribution in [-0.4, -0.2) is 31.7 Å². The van der Waals surface area contributed by atoms with Crippen LogP contribution in [0.2, 0.25) is 0 Å². The highest BCUT2D eigenvalue weighted by atomic mass is 79.9. The molecule has 0 aromatic heterocycles. The van der Waals surface area contributed by atoms with Gasteiger partial charge in [0.15, 0.2) is 10.9 Å². The molecule has 1 rings (SSSR count). The van der Waals surface area contributed by atoms with Crippen LogP contribution in [0.25, 0.3) is 0 Å². The molecule has 0 aliphatic rings. The zero-order valence-corrected chi connectivity index (χ0v) is 12.8. The van der Waals surface area contributed by atoms with Crippen LogP contribution < -0.4 is 15.4 Å². The molecule has 0 heterocycles. The molecular formula is C11H12BrF3N2O2S. The number of hydrogen-bond acceptors (Lipinski definition) is 3. The lowest BCUT2D eigenvalue weighted by Gasteiger charge is -2.16. The van der Waals surface area contributed by atoms with Gasteiger partial charge in [-0.15, -0.1) is 13.2 Å². The summed E-state index contributed by atoms with van der Waals surface area (Å²) in [5.41, 5.74) is 0.112. The van der Waals surface area contributed by atoms with E-state index in [1.807, 2.05) is 0 Å². The Kier molecular flexibility index (Phi) is 6.50. The fourth-order valence-corrected chi connectivity index (χ4v) is 1.79. The minimum absolute atomic E-state index is 0.112. The van der Waals surface area contributed by atoms with E-state index in [-0.39, 0.29) is 16.5 Å². The Morgan fingerprint density at radius 3 is 2.70 bits per heavy atom. The van der Waals surface area contributed by atoms with E-state index in [0.29, 0.717) is 17.6 Å². The number of anilines is 1. The first kappa shape index (κ1) is 17.0. The molecule has 0 aliphatic heterocycles. The van der Waals surface area contributed by atoms with E-state index in [0.717, 1.165) is 0 Å². The largest absolute Gasteiger partial charge is 0.573 e. The summed E-state index contributed by atoms with van der Waals surface area (Å²) >= 11 is 8.04. The Balaban J connectivity index is 2.76. The fourth-order valence-electron chi connectivity index (χ4n) is 1.24. The van der Waals surface area contributed by atoms with Crippen molar-refractivity contribution < 1.29 is 22.6 Å².